The molecule has 3 N–H and O–H groups in total. The first kappa shape index (κ1) is 8.59. The molecular formula is C9H13N3. The number of rotatable bonds is 3. The third-order valence-electron chi connectivity index (χ3n) is 1.60. The summed E-state index contributed by atoms with van der Waals surface area (Å²) < 4.78 is 0. The van der Waals surface area contributed by atoms with Gasteiger partial charge in [0.15, 0.2) is 0 Å². The molecule has 0 aliphatic carbocycles. The summed E-state index contributed by atoms with van der Waals surface area (Å²) in [5.41, 5.74) is 7.41. The van der Waals surface area contributed by atoms with Gasteiger partial charge in [0.05, 0.1) is 12.2 Å². The maximum atomic E-state index is 5.17. The molecule has 0 aromatic carbocycles. The fourth-order valence-electron chi connectivity index (χ4n) is 0.927. The van der Waals surface area contributed by atoms with Gasteiger partial charge >= 0.3 is 0 Å². The van der Waals surface area contributed by atoms with Gasteiger partial charge in [-0.25, -0.2) is 0 Å². The average Bonchev–Trinajstić information content (AvgIpc) is 2.09. The Balaban J connectivity index is 2.57. The quantitative estimate of drug-likeness (QED) is 0.696. The monoisotopic (exact) mass is 163 g/mol. The lowest BCUT2D eigenvalue weighted by atomic mass is 10.2. The van der Waals surface area contributed by atoms with Crippen molar-refractivity contribution >= 4 is 0 Å². The smallest absolute Gasteiger partial charge is 0.0623 e. The lowest BCUT2D eigenvalue weighted by Gasteiger charge is -2.02. The van der Waals surface area contributed by atoms with Gasteiger partial charge < -0.3 is 11.1 Å². The number of nitrogens with zero attached hydrogens (tertiary/aromatic N) is 1. The normalized spacial score (nSPS) is 10.4. The number of hydrogen-bond donors (Lipinski definition) is 2. The molecule has 1 heterocycles. The van der Waals surface area contributed by atoms with Crippen LogP contribution in [0.1, 0.15) is 11.3 Å². The van der Waals surface area contributed by atoms with E-state index in [2.05, 4.69) is 10.3 Å². The van der Waals surface area contributed by atoms with Crippen molar-refractivity contribution in [1.29, 1.82) is 0 Å². The van der Waals surface area contributed by atoms with E-state index in [1.807, 2.05) is 19.1 Å². The van der Waals surface area contributed by atoms with Crippen molar-refractivity contribution in [3.05, 3.63) is 42.0 Å². The van der Waals surface area contributed by atoms with Gasteiger partial charge in [0.1, 0.15) is 0 Å². The number of nitrogens with one attached hydrogen (secondary N) is 1. The third-order valence-corrected chi connectivity index (χ3v) is 1.60. The van der Waals surface area contributed by atoms with Crippen LogP contribution in [0.2, 0.25) is 0 Å². The van der Waals surface area contributed by atoms with Gasteiger partial charge in [0.25, 0.3) is 0 Å². The fraction of sp³-hybridized carbons (Fsp3) is 0.222. The van der Waals surface area contributed by atoms with E-state index in [0.29, 0.717) is 0 Å². The van der Waals surface area contributed by atoms with Crippen LogP contribution >= 0.6 is 0 Å². The number of pyridine rings is 1. The predicted octanol–water partition coefficient (Wildman–Crippen LogP) is 0.910. The van der Waals surface area contributed by atoms with Gasteiger partial charge in [0.2, 0.25) is 0 Å². The van der Waals surface area contributed by atoms with Gasteiger partial charge in [-0.1, -0.05) is 6.07 Å². The summed E-state index contributed by atoms with van der Waals surface area (Å²) in [5, 5.41) is 3.02. The molecule has 0 unspecified atom stereocenters. The minimum absolute atomic E-state index is 0.723. The first-order valence-electron chi connectivity index (χ1n) is 3.85. The lowest BCUT2D eigenvalue weighted by molar-refractivity contribution is 0.825. The van der Waals surface area contributed by atoms with Crippen molar-refractivity contribution in [2.45, 2.75) is 13.5 Å². The lowest BCUT2D eigenvalue weighted by Crippen LogP contribution is -2.08. The Labute approximate surface area is 72.3 Å². The number of hydrogen-bond acceptors (Lipinski definition) is 3. The molecule has 0 saturated heterocycles. The van der Waals surface area contributed by atoms with Crippen molar-refractivity contribution in [3.63, 3.8) is 0 Å². The molecule has 0 radical (unpaired) electrons. The molecular weight excluding hydrogens is 150 g/mol. The van der Waals surface area contributed by atoms with Crippen LogP contribution in [0, 0.1) is 6.92 Å². The van der Waals surface area contributed by atoms with Crippen molar-refractivity contribution in [3.8, 4) is 0 Å². The molecule has 0 spiro atoms. The highest BCUT2D eigenvalue weighted by Crippen LogP contribution is 2.01. The zero-order valence-corrected chi connectivity index (χ0v) is 7.12. The molecule has 3 heteroatoms. The maximum absolute atomic E-state index is 5.17. The zero-order valence-electron chi connectivity index (χ0n) is 7.12. The Kier molecular flexibility index (Phi) is 3.14. The molecule has 0 fully saturated rings. The van der Waals surface area contributed by atoms with Crippen LogP contribution in [-0.2, 0) is 6.54 Å². The Bertz CT molecular complexity index is 268. The van der Waals surface area contributed by atoms with Crippen molar-refractivity contribution in [1.82, 2.24) is 10.3 Å². The van der Waals surface area contributed by atoms with E-state index in [-0.39, 0.29) is 0 Å². The van der Waals surface area contributed by atoms with Gasteiger partial charge in [-0.15, -0.1) is 0 Å². The topological polar surface area (TPSA) is 50.9 Å². The fourth-order valence-corrected chi connectivity index (χ4v) is 0.927. The molecule has 64 valence electrons. The van der Waals surface area contributed by atoms with Crippen LogP contribution in [-0.4, -0.2) is 4.98 Å². The highest BCUT2D eigenvalue weighted by molar-refractivity contribution is 5.17. The highest BCUT2D eigenvalue weighted by Gasteiger charge is 1.94. The molecule has 0 aliphatic rings. The SMILES string of the molecule is Cc1cccnc1CNC=CN. The van der Waals surface area contributed by atoms with E-state index in [4.69, 9.17) is 5.73 Å². The maximum Gasteiger partial charge on any atom is 0.0623 e. The van der Waals surface area contributed by atoms with Gasteiger partial charge in [-0.2, -0.15) is 0 Å². The van der Waals surface area contributed by atoms with E-state index in [1.165, 1.54) is 11.8 Å². The van der Waals surface area contributed by atoms with Crippen molar-refractivity contribution in [2.75, 3.05) is 0 Å². The van der Waals surface area contributed by atoms with E-state index < -0.39 is 0 Å². The van der Waals surface area contributed by atoms with Crippen LogP contribution in [0.3, 0.4) is 0 Å². The van der Waals surface area contributed by atoms with E-state index in [0.717, 1.165) is 12.2 Å². The average molecular weight is 163 g/mol. The molecule has 0 bridgehead atoms. The number of aromatic nitrogens is 1. The second-order valence-corrected chi connectivity index (χ2v) is 2.51. The van der Waals surface area contributed by atoms with Gasteiger partial charge in [0, 0.05) is 18.6 Å². The summed E-state index contributed by atoms with van der Waals surface area (Å²) in [4.78, 5) is 4.21. The number of aryl methyl sites for hydroxylation is 1. The summed E-state index contributed by atoms with van der Waals surface area (Å²) >= 11 is 0. The standard InChI is InChI=1S/C9H13N3/c1-8-3-2-5-12-9(8)7-11-6-4-10/h2-6,11H,7,10H2,1H3. The second kappa shape index (κ2) is 4.38. The first-order valence-corrected chi connectivity index (χ1v) is 3.85. The van der Waals surface area contributed by atoms with Crippen LogP contribution in [0.4, 0.5) is 0 Å². The molecule has 0 aliphatic heterocycles. The van der Waals surface area contributed by atoms with Crippen molar-refractivity contribution < 1.29 is 0 Å². The minimum Gasteiger partial charge on any atom is -0.403 e. The molecule has 1 rings (SSSR count). The highest BCUT2D eigenvalue weighted by atomic mass is 14.9. The van der Waals surface area contributed by atoms with Crippen LogP contribution in [0.15, 0.2) is 30.7 Å². The summed E-state index contributed by atoms with van der Waals surface area (Å²) in [6, 6.07) is 3.97. The minimum atomic E-state index is 0.723. The number of nitrogens with two attached hydrogens (primary N) is 1. The Morgan fingerprint density at radius 1 is 1.67 bits per heavy atom. The first-order chi connectivity index (χ1) is 5.84. The molecule has 1 aromatic heterocycles. The summed E-state index contributed by atoms with van der Waals surface area (Å²) in [5.74, 6) is 0. The molecule has 0 saturated carbocycles. The van der Waals surface area contributed by atoms with Crippen molar-refractivity contribution in [2.24, 2.45) is 5.73 Å². The molecule has 12 heavy (non-hydrogen) atoms. The third kappa shape index (κ3) is 2.27. The molecule has 0 amide bonds. The largest absolute Gasteiger partial charge is 0.403 e. The molecule has 0 atom stereocenters. The van der Waals surface area contributed by atoms with Crippen LogP contribution in [0.5, 0.6) is 0 Å². The molecule has 3 nitrogen and oxygen atoms in total. The summed E-state index contributed by atoms with van der Waals surface area (Å²) in [6.07, 6.45) is 4.96. The van der Waals surface area contributed by atoms with E-state index >= 15 is 0 Å². The van der Waals surface area contributed by atoms with Crippen LogP contribution in [0.25, 0.3) is 0 Å². The zero-order chi connectivity index (χ0) is 8.81. The van der Waals surface area contributed by atoms with E-state index in [1.54, 1.807) is 12.4 Å². The summed E-state index contributed by atoms with van der Waals surface area (Å²) in [7, 11) is 0. The Morgan fingerprint density at radius 2 is 2.50 bits per heavy atom. The Morgan fingerprint density at radius 3 is 3.17 bits per heavy atom. The van der Waals surface area contributed by atoms with Gasteiger partial charge in [-0.3, -0.25) is 4.98 Å². The second-order valence-electron chi connectivity index (χ2n) is 2.51. The Hall–Kier alpha value is -1.51. The van der Waals surface area contributed by atoms with Gasteiger partial charge in [-0.05, 0) is 18.6 Å². The summed E-state index contributed by atoms with van der Waals surface area (Å²) in [6.45, 7) is 2.76. The van der Waals surface area contributed by atoms with Crippen LogP contribution < -0.4 is 11.1 Å². The van der Waals surface area contributed by atoms with E-state index in [9.17, 15) is 0 Å². The predicted molar refractivity (Wildman–Crippen MR) is 49.1 cm³/mol. The molecule has 1 aromatic rings.